The zero-order chi connectivity index (χ0) is 11.5. The van der Waals surface area contributed by atoms with Crippen molar-refractivity contribution in [2.45, 2.75) is 39.3 Å². The van der Waals surface area contributed by atoms with Gasteiger partial charge in [-0.25, -0.2) is 0 Å². The molecule has 0 aliphatic carbocycles. The first-order valence-electron chi connectivity index (χ1n) is 5.51. The molecule has 1 N–H and O–H groups in total. The Morgan fingerprint density at radius 2 is 1.87 bits per heavy atom. The Kier molecular flexibility index (Phi) is 9.49. The lowest BCUT2D eigenvalue weighted by Gasteiger charge is -2.14. The van der Waals surface area contributed by atoms with Crippen LogP contribution in [0.5, 0.6) is 0 Å². The lowest BCUT2D eigenvalue weighted by atomic mass is 10.2. The van der Waals surface area contributed by atoms with Crippen molar-refractivity contribution < 1.29 is 9.47 Å². The van der Waals surface area contributed by atoms with Crippen molar-refractivity contribution in [1.82, 2.24) is 5.32 Å². The molecule has 0 bridgehead atoms. The molecule has 0 amide bonds. The molecule has 0 aliphatic rings. The van der Waals surface area contributed by atoms with Gasteiger partial charge >= 0.3 is 0 Å². The van der Waals surface area contributed by atoms with Gasteiger partial charge in [0.2, 0.25) is 0 Å². The highest BCUT2D eigenvalue weighted by Gasteiger charge is 2.07. The third-order valence-corrected chi connectivity index (χ3v) is 1.82. The molecule has 0 aliphatic heterocycles. The smallest absolute Gasteiger partial charge is 0.0976 e. The van der Waals surface area contributed by atoms with Gasteiger partial charge in [0.15, 0.2) is 0 Å². The van der Waals surface area contributed by atoms with E-state index >= 15 is 0 Å². The van der Waals surface area contributed by atoms with Crippen molar-refractivity contribution in [2.24, 2.45) is 0 Å². The van der Waals surface area contributed by atoms with E-state index in [1.807, 2.05) is 20.8 Å². The quantitative estimate of drug-likeness (QED) is 0.588. The van der Waals surface area contributed by atoms with E-state index in [1.165, 1.54) is 0 Å². The van der Waals surface area contributed by atoms with E-state index in [4.69, 9.17) is 14.7 Å². The number of nitriles is 1. The second-order valence-electron chi connectivity index (χ2n) is 3.60. The van der Waals surface area contributed by atoms with Gasteiger partial charge in [0.05, 0.1) is 25.3 Å². The zero-order valence-corrected chi connectivity index (χ0v) is 9.95. The fraction of sp³-hybridized carbons (Fsp3) is 0.909. The summed E-state index contributed by atoms with van der Waals surface area (Å²) in [6, 6.07) is 2.43. The molecular weight excluding hydrogens is 192 g/mol. The summed E-state index contributed by atoms with van der Waals surface area (Å²) in [6.45, 7) is 8.57. The molecule has 0 aromatic heterocycles. The lowest BCUT2D eigenvalue weighted by Crippen LogP contribution is -2.34. The van der Waals surface area contributed by atoms with E-state index < -0.39 is 0 Å². The van der Waals surface area contributed by atoms with E-state index in [0.717, 1.165) is 13.0 Å². The molecule has 0 saturated carbocycles. The van der Waals surface area contributed by atoms with Gasteiger partial charge in [0, 0.05) is 19.3 Å². The third kappa shape index (κ3) is 9.67. The van der Waals surface area contributed by atoms with Crippen molar-refractivity contribution in [3.05, 3.63) is 0 Å². The van der Waals surface area contributed by atoms with Gasteiger partial charge in [0.1, 0.15) is 0 Å². The summed E-state index contributed by atoms with van der Waals surface area (Å²) in [5, 5.41) is 12.0. The lowest BCUT2D eigenvalue weighted by molar-refractivity contribution is 0.0503. The number of nitrogens with zero attached hydrogens (tertiary/aromatic N) is 1. The molecule has 0 saturated heterocycles. The van der Waals surface area contributed by atoms with Crippen LogP contribution in [-0.4, -0.2) is 38.5 Å². The largest absolute Gasteiger partial charge is 0.379 e. The Hall–Kier alpha value is -0.630. The summed E-state index contributed by atoms with van der Waals surface area (Å²) < 4.78 is 10.5. The Labute approximate surface area is 92.6 Å². The normalized spacial score (nSPS) is 12.7. The van der Waals surface area contributed by atoms with Crippen LogP contribution >= 0.6 is 0 Å². The van der Waals surface area contributed by atoms with Crippen molar-refractivity contribution in [2.75, 3.05) is 26.4 Å². The minimum Gasteiger partial charge on any atom is -0.379 e. The van der Waals surface area contributed by atoms with E-state index in [1.54, 1.807) is 0 Å². The first kappa shape index (κ1) is 14.4. The maximum absolute atomic E-state index is 8.82. The Balaban J connectivity index is 3.35. The van der Waals surface area contributed by atoms with Crippen LogP contribution in [0.4, 0.5) is 0 Å². The van der Waals surface area contributed by atoms with Crippen molar-refractivity contribution in [3.8, 4) is 6.07 Å². The molecule has 0 aromatic rings. The summed E-state index contributed by atoms with van der Waals surface area (Å²) in [5.41, 5.74) is 0. The highest BCUT2D eigenvalue weighted by molar-refractivity contribution is 4.90. The van der Waals surface area contributed by atoms with Crippen molar-refractivity contribution in [1.29, 1.82) is 5.26 Å². The fourth-order valence-electron chi connectivity index (χ4n) is 1.15. The summed E-state index contributed by atoms with van der Waals surface area (Å²) in [7, 11) is 0. The maximum atomic E-state index is 8.82. The van der Waals surface area contributed by atoms with Gasteiger partial charge in [-0.2, -0.15) is 5.26 Å². The van der Waals surface area contributed by atoms with E-state index in [9.17, 15) is 0 Å². The van der Waals surface area contributed by atoms with Gasteiger partial charge in [-0.15, -0.1) is 0 Å². The number of rotatable bonds is 9. The molecule has 15 heavy (non-hydrogen) atoms. The monoisotopic (exact) mass is 214 g/mol. The zero-order valence-electron chi connectivity index (χ0n) is 9.95. The second kappa shape index (κ2) is 9.91. The highest BCUT2D eigenvalue weighted by Crippen LogP contribution is 1.94. The fourth-order valence-corrected chi connectivity index (χ4v) is 1.15. The first-order valence-corrected chi connectivity index (χ1v) is 5.51. The molecule has 0 rings (SSSR count). The van der Waals surface area contributed by atoms with Crippen molar-refractivity contribution >= 4 is 0 Å². The average Bonchev–Trinajstić information content (AvgIpc) is 2.20. The van der Waals surface area contributed by atoms with Crippen LogP contribution in [0.3, 0.4) is 0 Å². The minimum atomic E-state index is -0.114. The molecule has 0 heterocycles. The Morgan fingerprint density at radius 1 is 1.20 bits per heavy atom. The van der Waals surface area contributed by atoms with Crippen LogP contribution in [0.25, 0.3) is 0 Å². The molecule has 0 fully saturated rings. The minimum absolute atomic E-state index is 0.114. The van der Waals surface area contributed by atoms with E-state index in [-0.39, 0.29) is 6.04 Å². The summed E-state index contributed by atoms with van der Waals surface area (Å²) >= 11 is 0. The predicted molar refractivity (Wildman–Crippen MR) is 59.6 cm³/mol. The van der Waals surface area contributed by atoms with E-state index in [2.05, 4.69) is 11.4 Å². The predicted octanol–water partition coefficient (Wildman–Crippen LogP) is 1.32. The summed E-state index contributed by atoms with van der Waals surface area (Å²) in [6.07, 6.45) is 0.723. The van der Waals surface area contributed by atoms with Gasteiger partial charge in [-0.3, -0.25) is 5.32 Å². The summed E-state index contributed by atoms with van der Waals surface area (Å²) in [4.78, 5) is 0. The van der Waals surface area contributed by atoms with Crippen LogP contribution in [0.15, 0.2) is 0 Å². The maximum Gasteiger partial charge on any atom is 0.0976 e. The SMILES string of the molecule is CCOCCOCCC(C#N)NC(C)C. The summed E-state index contributed by atoms with van der Waals surface area (Å²) in [5.74, 6) is 0. The Bertz CT molecular complexity index is 178. The van der Waals surface area contributed by atoms with Gasteiger partial charge in [0.25, 0.3) is 0 Å². The van der Waals surface area contributed by atoms with Crippen LogP contribution in [0, 0.1) is 11.3 Å². The van der Waals surface area contributed by atoms with Gasteiger partial charge in [-0.1, -0.05) is 0 Å². The molecule has 1 unspecified atom stereocenters. The second-order valence-corrected chi connectivity index (χ2v) is 3.60. The standard InChI is InChI=1S/C11H22N2O2/c1-4-14-7-8-15-6-5-11(9-12)13-10(2)3/h10-11,13H,4-8H2,1-3H3. The highest BCUT2D eigenvalue weighted by atomic mass is 16.5. The number of hydrogen-bond donors (Lipinski definition) is 1. The van der Waals surface area contributed by atoms with Gasteiger partial charge < -0.3 is 9.47 Å². The van der Waals surface area contributed by atoms with E-state index in [0.29, 0.717) is 25.9 Å². The molecule has 4 heteroatoms. The number of hydrogen-bond acceptors (Lipinski definition) is 4. The average molecular weight is 214 g/mol. The third-order valence-electron chi connectivity index (χ3n) is 1.82. The topological polar surface area (TPSA) is 54.3 Å². The molecular formula is C11H22N2O2. The molecule has 4 nitrogen and oxygen atoms in total. The molecule has 1 atom stereocenters. The van der Waals surface area contributed by atoms with Crippen LogP contribution in [0.2, 0.25) is 0 Å². The first-order chi connectivity index (χ1) is 7.20. The van der Waals surface area contributed by atoms with Crippen molar-refractivity contribution in [3.63, 3.8) is 0 Å². The number of ether oxygens (including phenoxy) is 2. The van der Waals surface area contributed by atoms with Crippen LogP contribution in [0.1, 0.15) is 27.2 Å². The molecule has 0 radical (unpaired) electrons. The molecule has 0 aromatic carbocycles. The van der Waals surface area contributed by atoms with Crippen LogP contribution < -0.4 is 5.32 Å². The molecule has 88 valence electrons. The number of nitrogens with one attached hydrogen (secondary N) is 1. The van der Waals surface area contributed by atoms with Crippen LogP contribution in [-0.2, 0) is 9.47 Å². The van der Waals surface area contributed by atoms with Gasteiger partial charge in [-0.05, 0) is 27.2 Å². The Morgan fingerprint density at radius 3 is 2.40 bits per heavy atom. The molecule has 0 spiro atoms.